The first kappa shape index (κ1) is 15.8. The van der Waals surface area contributed by atoms with Gasteiger partial charge in [-0.15, -0.1) is 0 Å². The number of carbonyl (C=O) groups excluding carboxylic acids is 2. The second kappa shape index (κ2) is 6.45. The molecule has 118 valence electrons. The highest BCUT2D eigenvalue weighted by atomic mass is 16.4. The monoisotopic (exact) mass is 296 g/mol. The summed E-state index contributed by atoms with van der Waals surface area (Å²) in [6.07, 6.45) is 3.91. The van der Waals surface area contributed by atoms with Crippen LogP contribution in [0.25, 0.3) is 0 Å². The van der Waals surface area contributed by atoms with Crippen LogP contribution in [-0.4, -0.2) is 36.0 Å². The Kier molecular flexibility index (Phi) is 4.85. The third-order valence-electron chi connectivity index (χ3n) is 4.92. The Labute approximate surface area is 124 Å². The van der Waals surface area contributed by atoms with Crippen molar-refractivity contribution in [2.24, 2.45) is 17.3 Å². The quantitative estimate of drug-likeness (QED) is 0.718. The number of carboxylic acids is 1. The Bertz CT molecular complexity index is 417. The molecule has 2 fully saturated rings. The number of carboxylic acid groups (broad SMARTS) is 1. The minimum atomic E-state index is -0.819. The van der Waals surface area contributed by atoms with Gasteiger partial charge >= 0.3 is 5.97 Å². The van der Waals surface area contributed by atoms with Crippen molar-refractivity contribution in [3.8, 4) is 0 Å². The van der Waals surface area contributed by atoms with E-state index in [0.717, 1.165) is 12.8 Å². The molecule has 21 heavy (non-hydrogen) atoms. The van der Waals surface area contributed by atoms with Gasteiger partial charge in [-0.25, -0.2) is 0 Å². The Morgan fingerprint density at radius 1 is 1.33 bits per heavy atom. The van der Waals surface area contributed by atoms with Gasteiger partial charge in [-0.05, 0) is 38.0 Å². The van der Waals surface area contributed by atoms with Crippen LogP contribution in [0.4, 0.5) is 0 Å². The number of hydrogen-bond donors (Lipinski definition) is 3. The van der Waals surface area contributed by atoms with Gasteiger partial charge in [0.05, 0.1) is 11.3 Å². The maximum atomic E-state index is 12.1. The first-order valence-electron chi connectivity index (χ1n) is 7.71. The Balaban J connectivity index is 1.88. The fraction of sp³-hybridized carbons (Fsp3) is 0.800. The van der Waals surface area contributed by atoms with Crippen molar-refractivity contribution in [1.29, 1.82) is 0 Å². The molecular weight excluding hydrogens is 272 g/mol. The van der Waals surface area contributed by atoms with E-state index in [2.05, 4.69) is 17.6 Å². The number of nitrogens with one attached hydrogen (secondary N) is 2. The highest BCUT2D eigenvalue weighted by molar-refractivity contribution is 5.84. The summed E-state index contributed by atoms with van der Waals surface area (Å²) in [6.45, 7) is 2.68. The highest BCUT2D eigenvalue weighted by Gasteiger charge is 2.41. The number of amides is 2. The fourth-order valence-corrected chi connectivity index (χ4v) is 3.14. The van der Waals surface area contributed by atoms with Crippen LogP contribution < -0.4 is 10.6 Å². The second-order valence-electron chi connectivity index (χ2n) is 6.53. The van der Waals surface area contributed by atoms with E-state index in [-0.39, 0.29) is 24.3 Å². The molecule has 1 aliphatic heterocycles. The van der Waals surface area contributed by atoms with Crippen molar-refractivity contribution in [3.63, 3.8) is 0 Å². The molecule has 0 bridgehead atoms. The van der Waals surface area contributed by atoms with E-state index in [0.29, 0.717) is 38.1 Å². The predicted molar refractivity (Wildman–Crippen MR) is 76.4 cm³/mol. The van der Waals surface area contributed by atoms with Crippen LogP contribution in [0.5, 0.6) is 0 Å². The summed E-state index contributed by atoms with van der Waals surface area (Å²) in [5, 5.41) is 15.0. The normalized spacial score (nSPS) is 33.1. The van der Waals surface area contributed by atoms with Crippen LogP contribution >= 0.6 is 0 Å². The van der Waals surface area contributed by atoms with Gasteiger partial charge in [-0.2, -0.15) is 0 Å². The molecule has 2 rings (SSSR count). The number of piperidine rings is 1. The summed E-state index contributed by atoms with van der Waals surface area (Å²) in [5.74, 6) is -0.666. The summed E-state index contributed by atoms with van der Waals surface area (Å²) in [5.41, 5.74) is -0.819. The molecule has 0 aromatic carbocycles. The molecule has 1 saturated carbocycles. The zero-order valence-electron chi connectivity index (χ0n) is 12.5. The molecule has 0 spiro atoms. The van der Waals surface area contributed by atoms with Gasteiger partial charge in [0.25, 0.3) is 0 Å². The average molecular weight is 296 g/mol. The molecule has 1 heterocycles. The zero-order valence-corrected chi connectivity index (χ0v) is 12.5. The minimum absolute atomic E-state index is 0.0256. The van der Waals surface area contributed by atoms with Gasteiger partial charge in [0.15, 0.2) is 0 Å². The maximum Gasteiger partial charge on any atom is 0.311 e. The fourth-order valence-electron chi connectivity index (χ4n) is 3.14. The van der Waals surface area contributed by atoms with Crippen molar-refractivity contribution >= 4 is 17.8 Å². The van der Waals surface area contributed by atoms with E-state index in [1.807, 2.05) is 0 Å². The van der Waals surface area contributed by atoms with E-state index in [1.54, 1.807) is 0 Å². The molecule has 1 saturated heterocycles. The van der Waals surface area contributed by atoms with Gasteiger partial charge in [0.1, 0.15) is 0 Å². The lowest BCUT2D eigenvalue weighted by atomic mass is 9.70. The van der Waals surface area contributed by atoms with Gasteiger partial charge < -0.3 is 15.7 Å². The molecule has 6 heteroatoms. The summed E-state index contributed by atoms with van der Waals surface area (Å²) in [7, 11) is 0. The molecule has 0 aromatic heterocycles. The SMILES string of the molecule is CC1CCC(CNC(=O)C2CCC(=O)NC2)(C(=O)O)CC1. The molecule has 2 aliphatic rings. The zero-order chi connectivity index (χ0) is 15.5. The van der Waals surface area contributed by atoms with E-state index in [1.165, 1.54) is 0 Å². The van der Waals surface area contributed by atoms with Crippen LogP contribution in [0.2, 0.25) is 0 Å². The van der Waals surface area contributed by atoms with Gasteiger partial charge in [-0.1, -0.05) is 6.92 Å². The van der Waals surface area contributed by atoms with E-state index < -0.39 is 11.4 Å². The van der Waals surface area contributed by atoms with Crippen molar-refractivity contribution in [1.82, 2.24) is 10.6 Å². The van der Waals surface area contributed by atoms with Gasteiger partial charge in [0, 0.05) is 19.5 Å². The van der Waals surface area contributed by atoms with Crippen LogP contribution in [0.1, 0.15) is 45.4 Å². The van der Waals surface area contributed by atoms with Crippen molar-refractivity contribution < 1.29 is 19.5 Å². The number of hydrogen-bond acceptors (Lipinski definition) is 3. The molecular formula is C15H24N2O4. The third kappa shape index (κ3) is 3.74. The lowest BCUT2D eigenvalue weighted by Crippen LogP contribution is -2.49. The lowest BCUT2D eigenvalue weighted by Gasteiger charge is -2.36. The third-order valence-corrected chi connectivity index (χ3v) is 4.92. The standard InChI is InChI=1S/C15H24N2O4/c1-10-4-6-15(7-5-10,14(20)21)9-17-13(19)11-2-3-12(18)16-8-11/h10-11H,2-9H2,1H3,(H,16,18)(H,17,19)(H,20,21). The van der Waals surface area contributed by atoms with Gasteiger partial charge in [0.2, 0.25) is 11.8 Å². The molecule has 3 N–H and O–H groups in total. The number of aliphatic carboxylic acids is 1. The summed E-state index contributed by atoms with van der Waals surface area (Å²) >= 11 is 0. The van der Waals surface area contributed by atoms with Crippen LogP contribution in [0, 0.1) is 17.3 Å². The number of rotatable bonds is 4. The highest BCUT2D eigenvalue weighted by Crippen LogP contribution is 2.38. The first-order valence-corrected chi connectivity index (χ1v) is 7.71. The Morgan fingerprint density at radius 2 is 2.00 bits per heavy atom. The van der Waals surface area contributed by atoms with Gasteiger partial charge in [-0.3, -0.25) is 14.4 Å². The molecule has 1 aliphatic carbocycles. The molecule has 0 aromatic rings. The van der Waals surface area contributed by atoms with E-state index in [4.69, 9.17) is 0 Å². The maximum absolute atomic E-state index is 12.1. The topological polar surface area (TPSA) is 95.5 Å². The first-order chi connectivity index (χ1) is 9.93. The minimum Gasteiger partial charge on any atom is -0.481 e. The van der Waals surface area contributed by atoms with Crippen molar-refractivity contribution in [2.45, 2.75) is 45.4 Å². The Morgan fingerprint density at radius 3 is 2.52 bits per heavy atom. The molecule has 1 atom stereocenters. The van der Waals surface area contributed by atoms with E-state index in [9.17, 15) is 19.5 Å². The largest absolute Gasteiger partial charge is 0.481 e. The molecule has 2 amide bonds. The second-order valence-corrected chi connectivity index (χ2v) is 6.53. The summed E-state index contributed by atoms with van der Waals surface area (Å²) < 4.78 is 0. The number of carbonyl (C=O) groups is 3. The predicted octanol–water partition coefficient (Wildman–Crippen LogP) is 0.910. The Hall–Kier alpha value is -1.59. The summed E-state index contributed by atoms with van der Waals surface area (Å²) in [4.78, 5) is 34.8. The van der Waals surface area contributed by atoms with Crippen LogP contribution in [0.3, 0.4) is 0 Å². The molecule has 6 nitrogen and oxygen atoms in total. The van der Waals surface area contributed by atoms with Crippen molar-refractivity contribution in [3.05, 3.63) is 0 Å². The molecule has 1 unspecified atom stereocenters. The average Bonchev–Trinajstić information content (AvgIpc) is 2.47. The molecule has 0 radical (unpaired) electrons. The van der Waals surface area contributed by atoms with E-state index >= 15 is 0 Å². The smallest absolute Gasteiger partial charge is 0.311 e. The van der Waals surface area contributed by atoms with Crippen LogP contribution in [0.15, 0.2) is 0 Å². The lowest BCUT2D eigenvalue weighted by molar-refractivity contribution is -0.151. The van der Waals surface area contributed by atoms with Crippen molar-refractivity contribution in [2.75, 3.05) is 13.1 Å². The summed E-state index contributed by atoms with van der Waals surface area (Å²) in [6, 6.07) is 0. The van der Waals surface area contributed by atoms with Crippen LogP contribution in [-0.2, 0) is 14.4 Å².